The maximum absolute atomic E-state index is 12.7. The van der Waals surface area contributed by atoms with E-state index in [1.54, 1.807) is 13.3 Å². The van der Waals surface area contributed by atoms with Gasteiger partial charge in [-0.2, -0.15) is 5.26 Å². The predicted molar refractivity (Wildman–Crippen MR) is 132 cm³/mol. The molecule has 0 atom stereocenters. The van der Waals surface area contributed by atoms with Crippen LogP contribution in [0.4, 0.5) is 17.3 Å². The summed E-state index contributed by atoms with van der Waals surface area (Å²) in [4.78, 5) is 23.5. The van der Waals surface area contributed by atoms with E-state index in [0.717, 1.165) is 28.1 Å². The zero-order valence-corrected chi connectivity index (χ0v) is 19.6. The van der Waals surface area contributed by atoms with Gasteiger partial charge >= 0.3 is 0 Å². The first-order chi connectivity index (χ1) is 16.5. The molecule has 1 aliphatic rings. The van der Waals surface area contributed by atoms with Crippen LogP contribution in [0.15, 0.2) is 54.5 Å². The molecule has 8 nitrogen and oxygen atoms in total. The van der Waals surface area contributed by atoms with Gasteiger partial charge in [-0.05, 0) is 44.0 Å². The maximum Gasteiger partial charge on any atom is 0.231 e. The lowest BCUT2D eigenvalue weighted by Crippen LogP contribution is -2.22. The minimum atomic E-state index is -0.275. The first-order valence-electron chi connectivity index (χ1n) is 11.0. The number of para-hydroxylation sites is 2. The summed E-state index contributed by atoms with van der Waals surface area (Å²) < 4.78 is 5.32. The molecule has 0 spiro atoms. The first kappa shape index (κ1) is 22.8. The maximum atomic E-state index is 12.7. The number of methoxy groups -OCH3 is 1. The van der Waals surface area contributed by atoms with Gasteiger partial charge in [0, 0.05) is 18.3 Å². The Bertz CT molecular complexity index is 1330. The molecule has 0 bridgehead atoms. The molecule has 0 saturated heterocycles. The number of fused-ring (bicyclic) bond motifs is 1. The van der Waals surface area contributed by atoms with Crippen LogP contribution in [0.1, 0.15) is 29.3 Å². The van der Waals surface area contributed by atoms with E-state index in [4.69, 9.17) is 4.74 Å². The highest BCUT2D eigenvalue weighted by Gasteiger charge is 2.28. The van der Waals surface area contributed by atoms with Crippen molar-refractivity contribution >= 4 is 28.8 Å². The molecule has 34 heavy (non-hydrogen) atoms. The third-order valence-corrected chi connectivity index (χ3v) is 5.72. The van der Waals surface area contributed by atoms with Crippen molar-refractivity contribution in [1.29, 1.82) is 5.26 Å². The van der Waals surface area contributed by atoms with Crippen LogP contribution in [0.5, 0.6) is 5.75 Å². The number of allylic oxidation sites excluding steroid dienone is 1. The van der Waals surface area contributed by atoms with Crippen molar-refractivity contribution in [3.8, 4) is 11.8 Å². The molecule has 0 aliphatic carbocycles. The van der Waals surface area contributed by atoms with E-state index in [-0.39, 0.29) is 18.3 Å². The number of aryl methyl sites for hydroxylation is 2. The van der Waals surface area contributed by atoms with Crippen molar-refractivity contribution in [3.05, 3.63) is 76.9 Å². The number of amides is 1. The zero-order chi connectivity index (χ0) is 24.2. The molecule has 3 aromatic rings. The molecule has 1 amide bonds. The fourth-order valence-electron chi connectivity index (χ4n) is 4.04. The molecule has 8 heteroatoms. The predicted octanol–water partition coefficient (Wildman–Crippen LogP) is 4.43. The number of nitrogens with one attached hydrogen (secondary N) is 2. The Labute approximate surface area is 198 Å². The van der Waals surface area contributed by atoms with Gasteiger partial charge in [0.25, 0.3) is 0 Å². The van der Waals surface area contributed by atoms with E-state index in [1.807, 2.05) is 63.2 Å². The molecule has 0 fully saturated rings. The summed E-state index contributed by atoms with van der Waals surface area (Å²) in [7, 11) is 1.57. The normalized spacial score (nSPS) is 13.6. The number of benzene rings is 2. The number of nitriles is 1. The Hall–Kier alpha value is -4.38. The van der Waals surface area contributed by atoms with E-state index in [9.17, 15) is 10.1 Å². The topological polar surface area (TPSA) is 103 Å². The molecule has 172 valence electrons. The summed E-state index contributed by atoms with van der Waals surface area (Å²) in [6, 6.07) is 15.7. The number of hydrogen-bond donors (Lipinski definition) is 2. The lowest BCUT2D eigenvalue weighted by atomic mass is 10.1. The third kappa shape index (κ3) is 4.28. The number of rotatable bonds is 6. The molecule has 2 heterocycles. The van der Waals surface area contributed by atoms with Crippen LogP contribution in [0.2, 0.25) is 0 Å². The SMILES string of the molecule is CCN1/C(=C(\C#N)c2nc(NC(=O)Cc3ccccc3OC)ncc2C)Nc2c(C)cccc21. The minimum Gasteiger partial charge on any atom is -0.496 e. The fraction of sp³-hybridized carbons (Fsp3) is 0.231. The van der Waals surface area contributed by atoms with E-state index in [2.05, 4.69) is 31.6 Å². The number of hydrogen-bond acceptors (Lipinski definition) is 7. The Kier molecular flexibility index (Phi) is 6.46. The van der Waals surface area contributed by atoms with Crippen molar-refractivity contribution in [2.24, 2.45) is 0 Å². The lowest BCUT2D eigenvalue weighted by molar-refractivity contribution is -0.115. The van der Waals surface area contributed by atoms with Gasteiger partial charge in [0.2, 0.25) is 11.9 Å². The molecule has 1 aliphatic heterocycles. The summed E-state index contributed by atoms with van der Waals surface area (Å²) in [6.07, 6.45) is 1.73. The second kappa shape index (κ2) is 9.63. The van der Waals surface area contributed by atoms with Crippen LogP contribution >= 0.6 is 0 Å². The van der Waals surface area contributed by atoms with Crippen LogP contribution in [0, 0.1) is 25.2 Å². The molecule has 0 radical (unpaired) electrons. The fourth-order valence-corrected chi connectivity index (χ4v) is 4.04. The summed E-state index contributed by atoms with van der Waals surface area (Å²) in [5.41, 5.74) is 5.43. The Morgan fingerprint density at radius 1 is 1.18 bits per heavy atom. The van der Waals surface area contributed by atoms with Crippen molar-refractivity contribution in [2.75, 3.05) is 29.2 Å². The molecule has 0 saturated carbocycles. The Morgan fingerprint density at radius 2 is 1.97 bits per heavy atom. The number of anilines is 3. The van der Waals surface area contributed by atoms with Gasteiger partial charge in [-0.25, -0.2) is 9.97 Å². The molecule has 2 N–H and O–H groups in total. The monoisotopic (exact) mass is 454 g/mol. The summed E-state index contributed by atoms with van der Waals surface area (Å²) in [5, 5.41) is 16.3. The summed E-state index contributed by atoms with van der Waals surface area (Å²) in [5.74, 6) is 1.18. The number of nitrogens with zero attached hydrogens (tertiary/aromatic N) is 4. The van der Waals surface area contributed by atoms with Crippen molar-refractivity contribution in [2.45, 2.75) is 27.2 Å². The molecular weight excluding hydrogens is 428 g/mol. The third-order valence-electron chi connectivity index (χ3n) is 5.72. The summed E-state index contributed by atoms with van der Waals surface area (Å²) in [6.45, 7) is 6.58. The van der Waals surface area contributed by atoms with Gasteiger partial charge in [-0.15, -0.1) is 0 Å². The number of carbonyl (C=O) groups is 1. The van der Waals surface area contributed by atoms with Crippen LogP contribution in [-0.2, 0) is 11.2 Å². The van der Waals surface area contributed by atoms with Crippen molar-refractivity contribution in [3.63, 3.8) is 0 Å². The lowest BCUT2D eigenvalue weighted by Gasteiger charge is -2.19. The average molecular weight is 455 g/mol. The van der Waals surface area contributed by atoms with Crippen LogP contribution in [-0.4, -0.2) is 29.5 Å². The average Bonchev–Trinajstić information content (AvgIpc) is 3.21. The minimum absolute atomic E-state index is 0.114. The van der Waals surface area contributed by atoms with E-state index >= 15 is 0 Å². The number of aromatic nitrogens is 2. The van der Waals surface area contributed by atoms with Gasteiger partial charge in [0.1, 0.15) is 23.2 Å². The summed E-state index contributed by atoms with van der Waals surface area (Å²) >= 11 is 0. The van der Waals surface area contributed by atoms with Gasteiger partial charge in [-0.3, -0.25) is 10.1 Å². The smallest absolute Gasteiger partial charge is 0.231 e. The van der Waals surface area contributed by atoms with Crippen LogP contribution < -0.4 is 20.3 Å². The largest absolute Gasteiger partial charge is 0.496 e. The molecular formula is C26H26N6O2. The molecule has 0 unspecified atom stereocenters. The molecule has 1 aromatic heterocycles. The van der Waals surface area contributed by atoms with Crippen LogP contribution in [0.25, 0.3) is 5.57 Å². The standard InChI is InChI=1S/C26H26N6O2/c1-5-32-20-11-8-9-16(2)24(20)30-25(32)19(14-27)23-17(3)15-28-26(31-23)29-22(33)13-18-10-6-7-12-21(18)34-4/h6-12,15,30H,5,13H2,1-4H3,(H,28,29,31,33)/b25-19+. The second-order valence-electron chi connectivity index (χ2n) is 7.94. The zero-order valence-electron chi connectivity index (χ0n) is 19.6. The van der Waals surface area contributed by atoms with E-state index in [0.29, 0.717) is 29.4 Å². The van der Waals surface area contributed by atoms with E-state index in [1.165, 1.54) is 0 Å². The van der Waals surface area contributed by atoms with Crippen LogP contribution in [0.3, 0.4) is 0 Å². The second-order valence-corrected chi connectivity index (χ2v) is 7.94. The molecule has 4 rings (SSSR count). The Morgan fingerprint density at radius 3 is 2.71 bits per heavy atom. The van der Waals surface area contributed by atoms with Crippen molar-refractivity contribution in [1.82, 2.24) is 9.97 Å². The Balaban J connectivity index is 1.66. The number of ether oxygens (including phenoxy) is 1. The highest BCUT2D eigenvalue weighted by atomic mass is 16.5. The van der Waals surface area contributed by atoms with Crippen molar-refractivity contribution < 1.29 is 9.53 Å². The van der Waals surface area contributed by atoms with Gasteiger partial charge in [-0.1, -0.05) is 30.3 Å². The highest BCUT2D eigenvalue weighted by Crippen LogP contribution is 2.41. The van der Waals surface area contributed by atoms with Gasteiger partial charge in [0.05, 0.1) is 30.6 Å². The van der Waals surface area contributed by atoms with Gasteiger partial charge < -0.3 is 15.0 Å². The number of carbonyl (C=O) groups excluding carboxylic acids is 1. The van der Waals surface area contributed by atoms with E-state index < -0.39 is 0 Å². The first-order valence-corrected chi connectivity index (χ1v) is 11.0. The van der Waals surface area contributed by atoms with Gasteiger partial charge in [0.15, 0.2) is 0 Å². The quantitative estimate of drug-likeness (QED) is 0.531. The highest BCUT2D eigenvalue weighted by molar-refractivity contribution is 5.94. The molecule has 2 aromatic carbocycles.